The van der Waals surface area contributed by atoms with E-state index >= 15 is 0 Å². The summed E-state index contributed by atoms with van der Waals surface area (Å²) in [6.07, 6.45) is 3.77. The summed E-state index contributed by atoms with van der Waals surface area (Å²) in [5, 5.41) is 14.9. The molecule has 3 rings (SSSR count). The van der Waals surface area contributed by atoms with E-state index in [0.717, 1.165) is 29.1 Å². The van der Waals surface area contributed by atoms with Crippen molar-refractivity contribution < 1.29 is 14.3 Å². The number of carbonyl (C=O) groups excluding carboxylic acids is 1. The molecule has 0 aliphatic heterocycles. The lowest BCUT2D eigenvalue weighted by Gasteiger charge is -2.16. The molecule has 0 bridgehead atoms. The smallest absolute Gasteiger partial charge is 0.226 e. The Balaban J connectivity index is 1.53. The molecule has 0 radical (unpaired) electrons. The normalized spacial score (nSPS) is 15.2. The zero-order chi connectivity index (χ0) is 16.9. The third kappa shape index (κ3) is 4.85. The van der Waals surface area contributed by atoms with Crippen LogP contribution in [0.1, 0.15) is 35.5 Å². The number of carbonyl (C=O) groups is 1. The third-order valence-electron chi connectivity index (χ3n) is 4.19. The van der Waals surface area contributed by atoms with Crippen LogP contribution in [0.15, 0.2) is 29.6 Å². The van der Waals surface area contributed by atoms with Crippen LogP contribution in [0.3, 0.4) is 0 Å². The maximum atomic E-state index is 12.9. The Morgan fingerprint density at radius 1 is 1.38 bits per heavy atom. The summed E-state index contributed by atoms with van der Waals surface area (Å²) in [6, 6.07) is 6.46. The Kier molecular flexibility index (Phi) is 5.58. The highest BCUT2D eigenvalue weighted by Crippen LogP contribution is 2.33. The van der Waals surface area contributed by atoms with Gasteiger partial charge in [0.05, 0.1) is 17.1 Å². The fourth-order valence-corrected chi connectivity index (χ4v) is 3.60. The molecule has 6 heteroatoms. The van der Waals surface area contributed by atoms with Gasteiger partial charge >= 0.3 is 0 Å². The number of nitrogens with zero attached hydrogens (tertiary/aromatic N) is 1. The molecule has 1 unspecified atom stereocenters. The fourth-order valence-electron chi connectivity index (χ4n) is 2.77. The highest BCUT2D eigenvalue weighted by atomic mass is 32.1. The van der Waals surface area contributed by atoms with Gasteiger partial charge in [0, 0.05) is 24.4 Å². The monoisotopic (exact) mass is 348 g/mol. The van der Waals surface area contributed by atoms with Gasteiger partial charge in [0.25, 0.3) is 0 Å². The minimum atomic E-state index is -0.247. The SMILES string of the molecule is O=C(Cc1csc(Cc2ccc(F)cc2)n1)NC(CCO)C1CC1. The summed E-state index contributed by atoms with van der Waals surface area (Å²) in [5.41, 5.74) is 1.76. The minimum Gasteiger partial charge on any atom is -0.396 e. The summed E-state index contributed by atoms with van der Waals surface area (Å²) in [4.78, 5) is 16.7. The van der Waals surface area contributed by atoms with Crippen LogP contribution >= 0.6 is 11.3 Å². The number of aliphatic hydroxyl groups is 1. The molecule has 1 aromatic heterocycles. The van der Waals surface area contributed by atoms with Gasteiger partial charge in [-0.3, -0.25) is 4.79 Å². The van der Waals surface area contributed by atoms with Gasteiger partial charge in [-0.25, -0.2) is 9.37 Å². The van der Waals surface area contributed by atoms with Gasteiger partial charge in [0.1, 0.15) is 5.82 Å². The number of hydrogen-bond donors (Lipinski definition) is 2. The number of halogens is 1. The largest absolute Gasteiger partial charge is 0.396 e. The van der Waals surface area contributed by atoms with Crippen molar-refractivity contribution in [2.24, 2.45) is 5.92 Å². The van der Waals surface area contributed by atoms with Crippen molar-refractivity contribution >= 4 is 17.2 Å². The lowest BCUT2D eigenvalue weighted by molar-refractivity contribution is -0.121. The summed E-state index contributed by atoms with van der Waals surface area (Å²) in [6.45, 7) is 0.0972. The molecule has 1 heterocycles. The lowest BCUT2D eigenvalue weighted by Crippen LogP contribution is -2.38. The van der Waals surface area contributed by atoms with Crippen molar-refractivity contribution in [1.82, 2.24) is 10.3 Å². The minimum absolute atomic E-state index is 0.0426. The lowest BCUT2D eigenvalue weighted by atomic mass is 10.1. The first-order valence-corrected chi connectivity index (χ1v) is 9.10. The fraction of sp³-hybridized carbons (Fsp3) is 0.444. The van der Waals surface area contributed by atoms with Crippen LogP contribution in [0.5, 0.6) is 0 Å². The van der Waals surface area contributed by atoms with E-state index in [0.29, 0.717) is 18.8 Å². The molecule has 4 nitrogen and oxygen atoms in total. The molecule has 1 fully saturated rings. The van der Waals surface area contributed by atoms with Gasteiger partial charge in [-0.05, 0) is 42.9 Å². The van der Waals surface area contributed by atoms with Crippen LogP contribution in [0.4, 0.5) is 4.39 Å². The summed E-state index contributed by atoms with van der Waals surface area (Å²) in [7, 11) is 0. The summed E-state index contributed by atoms with van der Waals surface area (Å²) in [5.74, 6) is 0.230. The molecule has 1 aliphatic rings. The van der Waals surface area contributed by atoms with E-state index in [1.165, 1.54) is 23.5 Å². The highest BCUT2D eigenvalue weighted by molar-refractivity contribution is 7.09. The topological polar surface area (TPSA) is 62.2 Å². The van der Waals surface area contributed by atoms with E-state index in [9.17, 15) is 9.18 Å². The molecule has 1 aromatic carbocycles. The zero-order valence-corrected chi connectivity index (χ0v) is 14.2. The van der Waals surface area contributed by atoms with E-state index in [1.807, 2.05) is 5.38 Å². The highest BCUT2D eigenvalue weighted by Gasteiger charge is 2.31. The summed E-state index contributed by atoms with van der Waals surface area (Å²) < 4.78 is 12.9. The van der Waals surface area contributed by atoms with Gasteiger partial charge in [0.15, 0.2) is 0 Å². The molecule has 24 heavy (non-hydrogen) atoms. The number of nitrogens with one attached hydrogen (secondary N) is 1. The Hall–Kier alpha value is -1.79. The van der Waals surface area contributed by atoms with Crippen LogP contribution < -0.4 is 5.32 Å². The molecule has 1 amide bonds. The van der Waals surface area contributed by atoms with E-state index in [-0.39, 0.29) is 30.8 Å². The second kappa shape index (κ2) is 7.85. The van der Waals surface area contributed by atoms with E-state index in [2.05, 4.69) is 10.3 Å². The molecule has 2 aromatic rings. The first kappa shape index (κ1) is 17.0. The number of rotatable bonds is 8. The Bertz CT molecular complexity index is 683. The number of aromatic nitrogens is 1. The molecule has 1 aliphatic carbocycles. The van der Waals surface area contributed by atoms with Crippen LogP contribution in [-0.2, 0) is 17.6 Å². The van der Waals surface area contributed by atoms with Gasteiger partial charge < -0.3 is 10.4 Å². The third-order valence-corrected chi connectivity index (χ3v) is 5.08. The van der Waals surface area contributed by atoms with Crippen molar-refractivity contribution in [1.29, 1.82) is 0 Å². The van der Waals surface area contributed by atoms with Gasteiger partial charge in [-0.2, -0.15) is 0 Å². The van der Waals surface area contributed by atoms with Gasteiger partial charge in [-0.15, -0.1) is 11.3 Å². The maximum absolute atomic E-state index is 12.9. The number of benzene rings is 1. The number of thiazole rings is 1. The van der Waals surface area contributed by atoms with Gasteiger partial charge in [0.2, 0.25) is 5.91 Å². The zero-order valence-electron chi connectivity index (χ0n) is 13.4. The predicted octanol–water partition coefficient (Wildman–Crippen LogP) is 2.69. The quantitative estimate of drug-likeness (QED) is 0.771. The Morgan fingerprint density at radius 2 is 2.12 bits per heavy atom. The van der Waals surface area contributed by atoms with Crippen molar-refractivity contribution in [2.45, 2.75) is 38.1 Å². The number of amides is 1. The van der Waals surface area contributed by atoms with Crippen molar-refractivity contribution in [3.05, 3.63) is 51.7 Å². The van der Waals surface area contributed by atoms with E-state index in [4.69, 9.17) is 5.11 Å². The summed E-state index contributed by atoms with van der Waals surface area (Å²) >= 11 is 1.51. The van der Waals surface area contributed by atoms with Crippen LogP contribution in [0.25, 0.3) is 0 Å². The Morgan fingerprint density at radius 3 is 2.79 bits per heavy atom. The average molecular weight is 348 g/mol. The van der Waals surface area contributed by atoms with E-state index in [1.54, 1.807) is 12.1 Å². The molecule has 0 spiro atoms. The molecular formula is C18H21FN2O2S. The van der Waals surface area contributed by atoms with Crippen LogP contribution in [0, 0.1) is 11.7 Å². The second-order valence-corrected chi connectivity index (χ2v) is 7.18. The predicted molar refractivity (Wildman–Crippen MR) is 91.4 cm³/mol. The first-order chi connectivity index (χ1) is 11.6. The second-order valence-electron chi connectivity index (χ2n) is 6.24. The van der Waals surface area contributed by atoms with Crippen LogP contribution in [-0.4, -0.2) is 28.6 Å². The van der Waals surface area contributed by atoms with Crippen molar-refractivity contribution in [3.63, 3.8) is 0 Å². The average Bonchev–Trinajstić information content (AvgIpc) is 3.31. The molecule has 128 valence electrons. The molecular weight excluding hydrogens is 327 g/mol. The molecule has 0 saturated heterocycles. The first-order valence-electron chi connectivity index (χ1n) is 8.22. The number of hydrogen-bond acceptors (Lipinski definition) is 4. The van der Waals surface area contributed by atoms with Crippen molar-refractivity contribution in [3.8, 4) is 0 Å². The Labute approximate surface area is 144 Å². The maximum Gasteiger partial charge on any atom is 0.226 e. The van der Waals surface area contributed by atoms with Crippen LogP contribution in [0.2, 0.25) is 0 Å². The van der Waals surface area contributed by atoms with Crippen molar-refractivity contribution in [2.75, 3.05) is 6.61 Å². The standard InChI is InChI=1S/C18H21FN2O2S/c19-14-5-1-12(2-6-14)9-18-20-15(11-24-18)10-17(23)21-16(7-8-22)13-3-4-13/h1-2,5-6,11,13,16,22H,3-4,7-10H2,(H,21,23). The molecule has 1 saturated carbocycles. The number of aliphatic hydroxyl groups excluding tert-OH is 1. The van der Waals surface area contributed by atoms with Gasteiger partial charge in [-0.1, -0.05) is 12.1 Å². The molecule has 1 atom stereocenters. The van der Waals surface area contributed by atoms with E-state index < -0.39 is 0 Å². The molecule has 2 N–H and O–H groups in total.